The third-order valence-electron chi connectivity index (χ3n) is 4.69. The van der Waals surface area contributed by atoms with Crippen LogP contribution in [0.1, 0.15) is 61.3 Å². The smallest absolute Gasteiger partial charge is 0.292 e. The Morgan fingerprint density at radius 2 is 1.68 bits per heavy atom. The van der Waals surface area contributed by atoms with Crippen molar-refractivity contribution < 1.29 is 9.22 Å². The summed E-state index contributed by atoms with van der Waals surface area (Å²) in [6.45, 7) is 15.4. The first kappa shape index (κ1) is 22.6. The van der Waals surface area contributed by atoms with E-state index in [0.717, 1.165) is 11.4 Å². The molecule has 1 heterocycles. The van der Waals surface area contributed by atoms with Gasteiger partial charge in [0.25, 0.3) is 14.3 Å². The Morgan fingerprint density at radius 3 is 2.16 bits per heavy atom. The summed E-state index contributed by atoms with van der Waals surface area (Å²) in [6, 6.07) is 5.92. The molecule has 0 bridgehead atoms. The van der Waals surface area contributed by atoms with Gasteiger partial charge in [0, 0.05) is 17.9 Å². The van der Waals surface area contributed by atoms with Crippen LogP contribution >= 0.6 is 21.6 Å². The standard InChI is InChI=1S/C19H33NO2S2Si/c1-14(2)25(15(3)4,16(5)6)22-19(21)12-11-17(7)23-24-18-10-8-9-13-20-18/h8-10,13-17H,11-12H2,1-7H3. The molecule has 6 heteroatoms. The van der Waals surface area contributed by atoms with E-state index in [0.29, 0.717) is 28.3 Å². The van der Waals surface area contributed by atoms with E-state index < -0.39 is 8.32 Å². The van der Waals surface area contributed by atoms with E-state index in [2.05, 4.69) is 53.5 Å². The van der Waals surface area contributed by atoms with Gasteiger partial charge in [0.2, 0.25) is 0 Å². The van der Waals surface area contributed by atoms with Crippen LogP contribution in [0.5, 0.6) is 0 Å². The van der Waals surface area contributed by atoms with Crippen molar-refractivity contribution in [1.29, 1.82) is 0 Å². The summed E-state index contributed by atoms with van der Waals surface area (Å²) in [4.78, 5) is 16.8. The molecule has 0 aromatic carbocycles. The van der Waals surface area contributed by atoms with E-state index in [4.69, 9.17) is 4.43 Å². The summed E-state index contributed by atoms with van der Waals surface area (Å²) in [5.41, 5.74) is 1.30. The zero-order chi connectivity index (χ0) is 19.0. The zero-order valence-corrected chi connectivity index (χ0v) is 19.2. The number of carbonyl (C=O) groups is 1. The number of aromatic nitrogens is 1. The van der Waals surface area contributed by atoms with Gasteiger partial charge < -0.3 is 4.43 Å². The molecule has 0 aliphatic heterocycles. The van der Waals surface area contributed by atoms with Gasteiger partial charge in [-0.2, -0.15) is 0 Å². The molecule has 0 radical (unpaired) electrons. The predicted molar refractivity (Wildman–Crippen MR) is 114 cm³/mol. The average molecular weight is 400 g/mol. The van der Waals surface area contributed by atoms with E-state index in [9.17, 15) is 4.79 Å². The minimum atomic E-state index is -2.11. The van der Waals surface area contributed by atoms with E-state index in [-0.39, 0.29) is 5.97 Å². The lowest BCUT2D eigenvalue weighted by Gasteiger charge is -2.41. The van der Waals surface area contributed by atoms with Gasteiger partial charge in [-0.1, -0.05) is 65.3 Å². The van der Waals surface area contributed by atoms with Crippen LogP contribution < -0.4 is 0 Å². The molecule has 0 saturated heterocycles. The highest BCUT2D eigenvalue weighted by atomic mass is 33.1. The van der Waals surface area contributed by atoms with Crippen molar-refractivity contribution in [1.82, 2.24) is 4.98 Å². The third-order valence-corrected chi connectivity index (χ3v) is 13.5. The third kappa shape index (κ3) is 6.64. The van der Waals surface area contributed by atoms with Crippen LogP contribution in [0.15, 0.2) is 29.4 Å². The molecule has 25 heavy (non-hydrogen) atoms. The van der Waals surface area contributed by atoms with Crippen LogP contribution in [0.2, 0.25) is 16.6 Å². The lowest BCUT2D eigenvalue weighted by atomic mass is 10.2. The molecule has 0 saturated carbocycles. The lowest BCUT2D eigenvalue weighted by molar-refractivity contribution is -0.135. The van der Waals surface area contributed by atoms with Gasteiger partial charge in [-0.3, -0.25) is 4.79 Å². The topological polar surface area (TPSA) is 39.2 Å². The molecule has 0 aliphatic rings. The Balaban J connectivity index is 2.51. The molecule has 0 N–H and O–H groups in total. The second-order valence-electron chi connectivity index (χ2n) is 7.49. The van der Waals surface area contributed by atoms with Crippen LogP contribution in [0.4, 0.5) is 0 Å². The summed E-state index contributed by atoms with van der Waals surface area (Å²) in [5, 5.41) is 1.39. The molecule has 1 rings (SSSR count). The van der Waals surface area contributed by atoms with Gasteiger partial charge in [-0.15, -0.1) is 0 Å². The number of nitrogens with zero attached hydrogens (tertiary/aromatic N) is 1. The minimum absolute atomic E-state index is 0.0157. The van der Waals surface area contributed by atoms with Crippen molar-refractivity contribution in [3.63, 3.8) is 0 Å². The molecular weight excluding hydrogens is 366 g/mol. The molecule has 1 unspecified atom stereocenters. The van der Waals surface area contributed by atoms with Crippen LogP contribution in [0, 0.1) is 0 Å². The van der Waals surface area contributed by atoms with Crippen LogP contribution in [0.25, 0.3) is 0 Å². The van der Waals surface area contributed by atoms with Gasteiger partial charge in [0.1, 0.15) is 5.03 Å². The van der Waals surface area contributed by atoms with Gasteiger partial charge in [-0.25, -0.2) is 4.98 Å². The van der Waals surface area contributed by atoms with Gasteiger partial charge >= 0.3 is 0 Å². The Bertz CT molecular complexity index is 502. The molecule has 1 aromatic heterocycles. The fraction of sp³-hybridized carbons (Fsp3) is 0.684. The maximum absolute atomic E-state index is 12.5. The minimum Gasteiger partial charge on any atom is -0.518 e. The summed E-state index contributed by atoms with van der Waals surface area (Å²) in [5.74, 6) is -0.0157. The van der Waals surface area contributed by atoms with Crippen molar-refractivity contribution in [3.8, 4) is 0 Å². The summed E-state index contributed by atoms with van der Waals surface area (Å²) in [6.07, 6.45) is 3.14. The maximum atomic E-state index is 12.5. The average Bonchev–Trinajstić information content (AvgIpc) is 2.55. The number of hydrogen-bond donors (Lipinski definition) is 0. The Kier molecular flexibility index (Phi) is 9.60. The Morgan fingerprint density at radius 1 is 1.08 bits per heavy atom. The predicted octanol–water partition coefficient (Wildman–Crippen LogP) is 6.71. The maximum Gasteiger partial charge on any atom is 0.292 e. The van der Waals surface area contributed by atoms with Crippen LogP contribution in [0.3, 0.4) is 0 Å². The fourth-order valence-corrected chi connectivity index (χ4v) is 10.8. The first-order valence-corrected chi connectivity index (χ1v) is 13.5. The first-order chi connectivity index (χ1) is 11.7. The van der Waals surface area contributed by atoms with Crippen molar-refractivity contribution in [2.45, 2.75) is 88.2 Å². The van der Waals surface area contributed by atoms with Crippen molar-refractivity contribution in [3.05, 3.63) is 24.4 Å². The normalized spacial score (nSPS) is 13.5. The quantitative estimate of drug-likeness (QED) is 0.323. The Labute approximate surface area is 162 Å². The summed E-state index contributed by atoms with van der Waals surface area (Å²) >= 11 is 0. The van der Waals surface area contributed by atoms with Crippen molar-refractivity contribution in [2.75, 3.05) is 0 Å². The van der Waals surface area contributed by atoms with Crippen molar-refractivity contribution in [2.24, 2.45) is 0 Å². The van der Waals surface area contributed by atoms with Crippen LogP contribution in [-0.4, -0.2) is 24.5 Å². The number of pyridine rings is 1. The van der Waals surface area contributed by atoms with Crippen LogP contribution in [-0.2, 0) is 9.22 Å². The van der Waals surface area contributed by atoms with Gasteiger partial charge in [-0.05, 0) is 46.0 Å². The highest BCUT2D eigenvalue weighted by molar-refractivity contribution is 8.76. The zero-order valence-electron chi connectivity index (χ0n) is 16.6. The second-order valence-corrected chi connectivity index (χ2v) is 15.5. The summed E-state index contributed by atoms with van der Waals surface area (Å²) < 4.78 is 6.21. The van der Waals surface area contributed by atoms with E-state index >= 15 is 0 Å². The van der Waals surface area contributed by atoms with E-state index in [1.807, 2.05) is 18.2 Å². The Hall–Kier alpha value is -0.463. The highest BCUT2D eigenvalue weighted by Crippen LogP contribution is 2.42. The summed E-state index contributed by atoms with van der Waals surface area (Å²) in [7, 11) is 1.33. The number of rotatable bonds is 10. The van der Waals surface area contributed by atoms with E-state index in [1.165, 1.54) is 0 Å². The molecule has 0 spiro atoms. The largest absolute Gasteiger partial charge is 0.518 e. The molecule has 3 nitrogen and oxygen atoms in total. The second kappa shape index (κ2) is 10.6. The molecule has 0 amide bonds. The number of hydrogen-bond acceptors (Lipinski definition) is 5. The van der Waals surface area contributed by atoms with E-state index in [1.54, 1.807) is 27.8 Å². The van der Waals surface area contributed by atoms with Gasteiger partial charge in [0.05, 0.1) is 0 Å². The van der Waals surface area contributed by atoms with Crippen molar-refractivity contribution >= 4 is 35.9 Å². The molecule has 142 valence electrons. The molecule has 1 aromatic rings. The monoisotopic (exact) mass is 399 g/mol. The molecule has 1 atom stereocenters. The lowest BCUT2D eigenvalue weighted by Crippen LogP contribution is -2.49. The molecule has 0 aliphatic carbocycles. The fourth-order valence-electron chi connectivity index (χ4n) is 3.50. The first-order valence-electron chi connectivity index (χ1n) is 9.16. The number of carbonyl (C=O) groups excluding carboxylic acids is 1. The SMILES string of the molecule is CC(CCC(=O)O[Si](C(C)C)(C(C)C)C(C)C)SSc1ccccn1. The van der Waals surface area contributed by atoms with Gasteiger partial charge in [0.15, 0.2) is 0 Å². The molecular formula is C19H33NO2S2Si. The molecule has 0 fully saturated rings. The highest BCUT2D eigenvalue weighted by Gasteiger charge is 2.48.